The van der Waals surface area contributed by atoms with Crippen LogP contribution in [0, 0.1) is 0 Å². The zero-order chi connectivity index (χ0) is 12.3. The predicted octanol–water partition coefficient (Wildman–Crippen LogP) is 2.80. The van der Waals surface area contributed by atoms with E-state index in [9.17, 15) is 0 Å². The standard InChI is InChI=1S/C12H14N2O2S/c1-3-16-10-5-4-8(6-11(10)15-2)9-7-17-12(13)14-9/h4-7H,3H2,1-2H3,(H2,13,14). The average molecular weight is 250 g/mol. The van der Waals surface area contributed by atoms with Crippen LogP contribution in [0.15, 0.2) is 23.6 Å². The molecule has 0 fully saturated rings. The summed E-state index contributed by atoms with van der Waals surface area (Å²) in [6, 6.07) is 5.73. The molecule has 0 bridgehead atoms. The highest BCUT2D eigenvalue weighted by atomic mass is 32.1. The Bertz CT molecular complexity index is 511. The number of hydrogen-bond donors (Lipinski definition) is 1. The first kappa shape index (κ1) is 11.7. The highest BCUT2D eigenvalue weighted by Crippen LogP contribution is 2.33. The van der Waals surface area contributed by atoms with E-state index >= 15 is 0 Å². The molecule has 0 saturated carbocycles. The fourth-order valence-electron chi connectivity index (χ4n) is 1.52. The minimum absolute atomic E-state index is 0.563. The van der Waals surface area contributed by atoms with Gasteiger partial charge in [0.05, 0.1) is 19.4 Å². The van der Waals surface area contributed by atoms with Gasteiger partial charge in [0.25, 0.3) is 0 Å². The van der Waals surface area contributed by atoms with Crippen molar-refractivity contribution in [3.8, 4) is 22.8 Å². The number of nitrogens with zero attached hydrogens (tertiary/aromatic N) is 1. The second-order valence-corrected chi connectivity index (χ2v) is 4.26. The van der Waals surface area contributed by atoms with Gasteiger partial charge >= 0.3 is 0 Å². The van der Waals surface area contributed by atoms with Crippen LogP contribution in [-0.2, 0) is 0 Å². The molecule has 0 atom stereocenters. The van der Waals surface area contributed by atoms with Crippen LogP contribution in [0.1, 0.15) is 6.92 Å². The Hall–Kier alpha value is -1.75. The number of thiazole rings is 1. The molecular formula is C12H14N2O2S. The van der Waals surface area contributed by atoms with Crippen LogP contribution < -0.4 is 15.2 Å². The van der Waals surface area contributed by atoms with Crippen molar-refractivity contribution >= 4 is 16.5 Å². The van der Waals surface area contributed by atoms with E-state index in [0.29, 0.717) is 17.5 Å². The number of methoxy groups -OCH3 is 1. The van der Waals surface area contributed by atoms with E-state index in [1.54, 1.807) is 7.11 Å². The Balaban J connectivity index is 2.37. The number of aromatic nitrogens is 1. The molecule has 0 unspecified atom stereocenters. The summed E-state index contributed by atoms with van der Waals surface area (Å²) in [6.45, 7) is 2.55. The van der Waals surface area contributed by atoms with Gasteiger partial charge in [-0.25, -0.2) is 4.98 Å². The normalized spacial score (nSPS) is 10.2. The Morgan fingerprint density at radius 3 is 2.76 bits per heavy atom. The van der Waals surface area contributed by atoms with Gasteiger partial charge < -0.3 is 15.2 Å². The van der Waals surface area contributed by atoms with E-state index in [-0.39, 0.29) is 0 Å². The monoisotopic (exact) mass is 250 g/mol. The third-order valence-corrected chi connectivity index (χ3v) is 2.96. The molecule has 0 aliphatic carbocycles. The fraction of sp³-hybridized carbons (Fsp3) is 0.250. The lowest BCUT2D eigenvalue weighted by Gasteiger charge is -2.09. The molecule has 0 radical (unpaired) electrons. The van der Waals surface area contributed by atoms with Gasteiger partial charge in [0.15, 0.2) is 16.6 Å². The molecule has 0 aliphatic heterocycles. The van der Waals surface area contributed by atoms with E-state index in [4.69, 9.17) is 15.2 Å². The van der Waals surface area contributed by atoms with Crippen LogP contribution >= 0.6 is 11.3 Å². The first-order valence-electron chi connectivity index (χ1n) is 5.26. The third-order valence-electron chi connectivity index (χ3n) is 2.28. The molecule has 5 heteroatoms. The van der Waals surface area contributed by atoms with E-state index < -0.39 is 0 Å². The molecule has 2 rings (SSSR count). The zero-order valence-electron chi connectivity index (χ0n) is 9.77. The molecule has 0 amide bonds. The van der Waals surface area contributed by atoms with Crippen molar-refractivity contribution in [2.24, 2.45) is 0 Å². The number of hydrogen-bond acceptors (Lipinski definition) is 5. The van der Waals surface area contributed by atoms with Crippen LogP contribution in [0.5, 0.6) is 11.5 Å². The van der Waals surface area contributed by atoms with Crippen molar-refractivity contribution in [3.63, 3.8) is 0 Å². The summed E-state index contributed by atoms with van der Waals surface area (Å²) in [5.74, 6) is 1.44. The van der Waals surface area contributed by atoms with Gasteiger partial charge in [-0.1, -0.05) is 0 Å². The first-order valence-corrected chi connectivity index (χ1v) is 6.14. The maximum Gasteiger partial charge on any atom is 0.180 e. The summed E-state index contributed by atoms with van der Waals surface area (Å²) in [7, 11) is 1.62. The maximum absolute atomic E-state index is 5.62. The van der Waals surface area contributed by atoms with Crippen molar-refractivity contribution in [1.82, 2.24) is 4.98 Å². The Labute approximate surface area is 104 Å². The molecule has 0 aliphatic rings. The van der Waals surface area contributed by atoms with Gasteiger partial charge in [-0.05, 0) is 25.1 Å². The molecule has 2 N–H and O–H groups in total. The molecule has 1 aromatic heterocycles. The van der Waals surface area contributed by atoms with E-state index in [0.717, 1.165) is 17.0 Å². The van der Waals surface area contributed by atoms with E-state index in [1.807, 2.05) is 30.5 Å². The number of nitrogens with two attached hydrogens (primary N) is 1. The molecule has 0 saturated heterocycles. The number of nitrogen functional groups attached to an aromatic ring is 1. The Morgan fingerprint density at radius 2 is 2.18 bits per heavy atom. The molecule has 4 nitrogen and oxygen atoms in total. The average Bonchev–Trinajstić information content (AvgIpc) is 2.77. The molecule has 1 aromatic carbocycles. The quantitative estimate of drug-likeness (QED) is 0.906. The van der Waals surface area contributed by atoms with Crippen LogP contribution in [0.2, 0.25) is 0 Å². The lowest BCUT2D eigenvalue weighted by molar-refractivity contribution is 0.311. The van der Waals surface area contributed by atoms with Gasteiger partial charge in [0.1, 0.15) is 0 Å². The van der Waals surface area contributed by atoms with Crippen LogP contribution in [-0.4, -0.2) is 18.7 Å². The van der Waals surface area contributed by atoms with E-state index in [2.05, 4.69) is 4.98 Å². The number of ether oxygens (including phenoxy) is 2. The van der Waals surface area contributed by atoms with Gasteiger partial charge in [0, 0.05) is 10.9 Å². The topological polar surface area (TPSA) is 57.4 Å². The largest absolute Gasteiger partial charge is 0.493 e. The van der Waals surface area contributed by atoms with Crippen LogP contribution in [0.3, 0.4) is 0 Å². The summed E-state index contributed by atoms with van der Waals surface area (Å²) < 4.78 is 10.7. The minimum atomic E-state index is 0.563. The van der Waals surface area contributed by atoms with Crippen LogP contribution in [0.4, 0.5) is 5.13 Å². The molecule has 1 heterocycles. The van der Waals surface area contributed by atoms with Gasteiger partial charge in [0.2, 0.25) is 0 Å². The van der Waals surface area contributed by atoms with Gasteiger partial charge in [-0.3, -0.25) is 0 Å². The minimum Gasteiger partial charge on any atom is -0.493 e. The highest BCUT2D eigenvalue weighted by molar-refractivity contribution is 7.13. The highest BCUT2D eigenvalue weighted by Gasteiger charge is 2.08. The first-order chi connectivity index (χ1) is 8.24. The molecule has 17 heavy (non-hydrogen) atoms. The summed E-state index contributed by atoms with van der Waals surface area (Å²) >= 11 is 1.42. The second-order valence-electron chi connectivity index (χ2n) is 3.37. The summed E-state index contributed by atoms with van der Waals surface area (Å²) in [5.41, 5.74) is 7.44. The fourth-order valence-corrected chi connectivity index (χ4v) is 2.09. The lowest BCUT2D eigenvalue weighted by atomic mass is 10.1. The third kappa shape index (κ3) is 2.50. The maximum atomic E-state index is 5.62. The van der Waals surface area contributed by atoms with Crippen molar-refractivity contribution in [2.45, 2.75) is 6.92 Å². The van der Waals surface area contributed by atoms with Gasteiger partial charge in [-0.2, -0.15) is 0 Å². The number of anilines is 1. The lowest BCUT2D eigenvalue weighted by Crippen LogP contribution is -1.95. The molecular weight excluding hydrogens is 236 g/mol. The summed E-state index contributed by atoms with van der Waals surface area (Å²) in [4.78, 5) is 4.23. The number of rotatable bonds is 4. The van der Waals surface area contributed by atoms with Gasteiger partial charge in [-0.15, -0.1) is 11.3 Å². The van der Waals surface area contributed by atoms with Crippen LogP contribution in [0.25, 0.3) is 11.3 Å². The SMILES string of the molecule is CCOc1ccc(-c2csc(N)n2)cc1OC. The second kappa shape index (κ2) is 5.05. The summed E-state index contributed by atoms with van der Waals surface area (Å²) in [6.07, 6.45) is 0. The number of benzene rings is 1. The summed E-state index contributed by atoms with van der Waals surface area (Å²) in [5, 5.41) is 2.48. The smallest absolute Gasteiger partial charge is 0.180 e. The van der Waals surface area contributed by atoms with Crippen molar-refractivity contribution < 1.29 is 9.47 Å². The molecule has 90 valence electrons. The Kier molecular flexibility index (Phi) is 3.49. The zero-order valence-corrected chi connectivity index (χ0v) is 10.6. The van der Waals surface area contributed by atoms with E-state index in [1.165, 1.54) is 11.3 Å². The molecule has 2 aromatic rings. The van der Waals surface area contributed by atoms with Crippen molar-refractivity contribution in [3.05, 3.63) is 23.6 Å². The molecule has 0 spiro atoms. The Morgan fingerprint density at radius 1 is 1.35 bits per heavy atom. The predicted molar refractivity (Wildman–Crippen MR) is 69.7 cm³/mol. The van der Waals surface area contributed by atoms with Crippen molar-refractivity contribution in [2.75, 3.05) is 19.5 Å². The van der Waals surface area contributed by atoms with Crippen molar-refractivity contribution in [1.29, 1.82) is 0 Å².